The first-order valence-electron chi connectivity index (χ1n) is 7.34. The van der Waals surface area contributed by atoms with Gasteiger partial charge >= 0.3 is 5.69 Å². The summed E-state index contributed by atoms with van der Waals surface area (Å²) in [6.07, 6.45) is 3.21. The minimum absolute atomic E-state index is 0.0907. The molecule has 0 radical (unpaired) electrons. The van der Waals surface area contributed by atoms with Crippen LogP contribution in [0, 0.1) is 10.1 Å². The highest BCUT2D eigenvalue weighted by atomic mass is 16.6. The molecule has 0 aliphatic heterocycles. The highest BCUT2D eigenvalue weighted by Crippen LogP contribution is 2.27. The zero-order valence-electron chi connectivity index (χ0n) is 12.9. The van der Waals surface area contributed by atoms with E-state index in [1.54, 1.807) is 4.90 Å². The van der Waals surface area contributed by atoms with Gasteiger partial charge in [0.2, 0.25) is 11.6 Å². The van der Waals surface area contributed by atoms with Crippen LogP contribution >= 0.6 is 0 Å². The van der Waals surface area contributed by atoms with Crippen molar-refractivity contribution in [1.29, 1.82) is 0 Å². The van der Waals surface area contributed by atoms with E-state index in [1.165, 1.54) is 6.33 Å². The molecule has 1 aromatic rings. The van der Waals surface area contributed by atoms with E-state index in [0.29, 0.717) is 0 Å². The molecule has 8 nitrogen and oxygen atoms in total. The lowest BCUT2D eigenvalue weighted by molar-refractivity contribution is -0.896. The molecular weight excluding hydrogens is 272 g/mol. The van der Waals surface area contributed by atoms with Gasteiger partial charge in [0.25, 0.3) is 0 Å². The van der Waals surface area contributed by atoms with E-state index < -0.39 is 4.92 Å². The van der Waals surface area contributed by atoms with Gasteiger partial charge in [-0.25, -0.2) is 9.97 Å². The maximum Gasteiger partial charge on any atom is 0.352 e. The summed E-state index contributed by atoms with van der Waals surface area (Å²) in [6.45, 7) is 9.67. The van der Waals surface area contributed by atoms with Crippen LogP contribution in [0.3, 0.4) is 0 Å². The van der Waals surface area contributed by atoms with Gasteiger partial charge in [-0.2, -0.15) is 0 Å². The number of nitrogens with one attached hydrogen (secondary N) is 2. The van der Waals surface area contributed by atoms with Crippen LogP contribution in [0.25, 0.3) is 0 Å². The molecular formula is C13H25N6O2+. The number of nitro groups is 1. The molecule has 4 N–H and O–H groups in total. The van der Waals surface area contributed by atoms with Crippen molar-refractivity contribution in [1.82, 2.24) is 9.97 Å². The van der Waals surface area contributed by atoms with E-state index in [0.717, 1.165) is 32.5 Å². The van der Waals surface area contributed by atoms with Crippen molar-refractivity contribution in [3.63, 3.8) is 0 Å². The van der Waals surface area contributed by atoms with Crippen molar-refractivity contribution in [3.05, 3.63) is 16.4 Å². The van der Waals surface area contributed by atoms with Gasteiger partial charge < -0.3 is 16.0 Å². The maximum atomic E-state index is 11.0. The Labute approximate surface area is 124 Å². The van der Waals surface area contributed by atoms with E-state index in [1.807, 2.05) is 6.92 Å². The molecule has 1 heterocycles. The number of hydrogen-bond donors (Lipinski definition) is 3. The number of nitrogens with zero attached hydrogens (tertiary/aromatic N) is 3. The number of hydrogen-bond acceptors (Lipinski definition) is 6. The first-order valence-corrected chi connectivity index (χ1v) is 7.34. The second-order valence-corrected chi connectivity index (χ2v) is 5.11. The van der Waals surface area contributed by atoms with Crippen LogP contribution in [0.15, 0.2) is 6.33 Å². The summed E-state index contributed by atoms with van der Waals surface area (Å²) in [5.74, 6) is 0.0764. The lowest BCUT2D eigenvalue weighted by Gasteiger charge is -2.18. The van der Waals surface area contributed by atoms with Gasteiger partial charge in [-0.3, -0.25) is 10.1 Å². The van der Waals surface area contributed by atoms with Crippen LogP contribution in [0.5, 0.6) is 0 Å². The van der Waals surface area contributed by atoms with Gasteiger partial charge in [-0.05, 0) is 33.6 Å². The number of nitrogen functional groups attached to an aromatic ring is 1. The topological polar surface area (TPSA) is 111 Å². The minimum Gasteiger partial charge on any atom is -0.378 e. The summed E-state index contributed by atoms with van der Waals surface area (Å²) in [6, 6.07) is 0.0907. The van der Waals surface area contributed by atoms with E-state index in [9.17, 15) is 10.1 Å². The fraction of sp³-hybridized carbons (Fsp3) is 0.692. The third-order valence-electron chi connectivity index (χ3n) is 3.58. The summed E-state index contributed by atoms with van der Waals surface area (Å²) in [5.41, 5.74) is 5.29. The first kappa shape index (κ1) is 17.1. The van der Waals surface area contributed by atoms with Gasteiger partial charge in [-0.15, -0.1) is 0 Å². The van der Waals surface area contributed by atoms with Crippen LogP contribution in [0.1, 0.15) is 33.6 Å². The Balaban J connectivity index is 2.57. The summed E-state index contributed by atoms with van der Waals surface area (Å²) < 4.78 is 0. The molecule has 0 bridgehead atoms. The molecule has 0 aliphatic carbocycles. The monoisotopic (exact) mass is 297 g/mol. The first-order chi connectivity index (χ1) is 9.99. The average molecular weight is 297 g/mol. The van der Waals surface area contributed by atoms with Gasteiger partial charge in [0.1, 0.15) is 6.33 Å². The van der Waals surface area contributed by atoms with Crippen molar-refractivity contribution in [2.45, 2.75) is 39.7 Å². The Morgan fingerprint density at radius 3 is 2.67 bits per heavy atom. The lowest BCUT2D eigenvalue weighted by Crippen LogP contribution is -3.11. The molecule has 0 fully saturated rings. The van der Waals surface area contributed by atoms with Crippen LogP contribution in [-0.4, -0.2) is 40.6 Å². The Hall–Kier alpha value is -1.96. The van der Waals surface area contributed by atoms with Gasteiger partial charge in [0.15, 0.2) is 0 Å². The molecule has 21 heavy (non-hydrogen) atoms. The fourth-order valence-electron chi connectivity index (χ4n) is 2.25. The van der Waals surface area contributed by atoms with Gasteiger partial charge in [0.05, 0.1) is 24.6 Å². The predicted molar refractivity (Wildman–Crippen MR) is 82.3 cm³/mol. The average Bonchev–Trinajstić information content (AvgIpc) is 2.43. The summed E-state index contributed by atoms with van der Waals surface area (Å²) >= 11 is 0. The van der Waals surface area contributed by atoms with Gasteiger partial charge in [0, 0.05) is 6.04 Å². The Bertz CT molecular complexity index is 464. The predicted octanol–water partition coefficient (Wildman–Crippen LogP) is 0.472. The smallest absolute Gasteiger partial charge is 0.352 e. The molecule has 0 amide bonds. The van der Waals surface area contributed by atoms with E-state index in [-0.39, 0.29) is 23.4 Å². The number of quaternary nitrogens is 1. The second kappa shape index (κ2) is 8.35. The molecule has 1 aromatic heterocycles. The van der Waals surface area contributed by atoms with E-state index in [2.05, 4.69) is 29.1 Å². The molecule has 1 atom stereocenters. The molecule has 0 saturated heterocycles. The zero-order chi connectivity index (χ0) is 15.8. The third-order valence-corrected chi connectivity index (χ3v) is 3.58. The van der Waals surface area contributed by atoms with Crippen LogP contribution in [0.4, 0.5) is 17.3 Å². The molecule has 118 valence electrons. The van der Waals surface area contributed by atoms with Crippen LogP contribution in [0.2, 0.25) is 0 Å². The van der Waals surface area contributed by atoms with Crippen molar-refractivity contribution in [2.75, 3.05) is 30.7 Å². The van der Waals surface area contributed by atoms with Crippen molar-refractivity contribution in [3.8, 4) is 0 Å². The summed E-state index contributed by atoms with van der Waals surface area (Å²) in [4.78, 5) is 19.6. The number of rotatable bonds is 9. The lowest BCUT2D eigenvalue weighted by atomic mass is 10.1. The van der Waals surface area contributed by atoms with Crippen molar-refractivity contribution in [2.24, 2.45) is 0 Å². The largest absolute Gasteiger partial charge is 0.378 e. The molecule has 0 aliphatic rings. The highest BCUT2D eigenvalue weighted by Gasteiger charge is 2.21. The summed E-state index contributed by atoms with van der Waals surface area (Å²) in [7, 11) is 0. The van der Waals surface area contributed by atoms with Crippen LogP contribution < -0.4 is 16.0 Å². The van der Waals surface area contributed by atoms with Crippen LogP contribution in [-0.2, 0) is 0 Å². The van der Waals surface area contributed by atoms with Crippen molar-refractivity contribution < 1.29 is 9.82 Å². The third kappa shape index (κ3) is 5.14. The zero-order valence-corrected chi connectivity index (χ0v) is 12.9. The van der Waals surface area contributed by atoms with E-state index in [4.69, 9.17) is 5.73 Å². The number of nitrogens with two attached hydrogens (primary N) is 1. The molecule has 0 saturated carbocycles. The molecule has 8 heteroatoms. The van der Waals surface area contributed by atoms with Gasteiger partial charge in [-0.1, -0.05) is 0 Å². The standard InChI is InChI=1S/C13H24N6O2/c1-4-18(5-2)8-6-7-10(3)17-13-11(19(20)21)12(14)15-9-16-13/h9-10H,4-8H2,1-3H3,(H3,14,15,16,17)/p+1/t10-/m1/s1. The maximum absolute atomic E-state index is 11.0. The minimum atomic E-state index is -0.551. The quantitative estimate of drug-likeness (QED) is 0.451. The summed E-state index contributed by atoms with van der Waals surface area (Å²) in [5, 5.41) is 14.1. The highest BCUT2D eigenvalue weighted by molar-refractivity contribution is 5.67. The molecule has 1 rings (SSSR count). The Morgan fingerprint density at radius 2 is 2.10 bits per heavy atom. The number of anilines is 2. The van der Waals surface area contributed by atoms with E-state index >= 15 is 0 Å². The molecule has 0 unspecified atom stereocenters. The normalized spacial score (nSPS) is 12.4. The fourth-order valence-corrected chi connectivity index (χ4v) is 2.25. The van der Waals surface area contributed by atoms with Crippen molar-refractivity contribution >= 4 is 17.3 Å². The number of aromatic nitrogens is 2. The molecule has 0 aromatic carbocycles. The Morgan fingerprint density at radius 1 is 1.43 bits per heavy atom. The second-order valence-electron chi connectivity index (χ2n) is 5.11. The Kier molecular flexibility index (Phi) is 6.80. The molecule has 0 spiro atoms. The SMILES string of the molecule is CC[NH+](CC)CCC[C@@H](C)Nc1ncnc(N)c1[N+](=O)[O-].